The highest BCUT2D eigenvalue weighted by atomic mass is 32.2. The molecule has 1 aliphatic carbocycles. The molecule has 198 valence electrons. The van der Waals surface area contributed by atoms with Crippen LogP contribution in [-0.2, 0) is 14.3 Å². The Morgan fingerprint density at radius 2 is 1.89 bits per heavy atom. The Balaban J connectivity index is 1.46. The van der Waals surface area contributed by atoms with Crippen LogP contribution >= 0.6 is 11.8 Å². The van der Waals surface area contributed by atoms with E-state index in [-0.39, 0.29) is 12.5 Å². The molecular formula is C28H31N5O4S. The van der Waals surface area contributed by atoms with E-state index in [1.807, 2.05) is 54.9 Å². The van der Waals surface area contributed by atoms with Crippen LogP contribution < -0.4 is 5.73 Å². The number of rotatable bonds is 9. The Bertz CT molecular complexity index is 1420. The number of aliphatic carboxylic acids is 1. The fourth-order valence-corrected chi connectivity index (χ4v) is 5.86. The topological polar surface area (TPSA) is 125 Å². The first-order chi connectivity index (χ1) is 18.5. The molecule has 3 N–H and O–H groups in total. The Morgan fingerprint density at radius 3 is 2.53 bits per heavy atom. The fourth-order valence-electron chi connectivity index (χ4n) is 5.14. The van der Waals surface area contributed by atoms with E-state index in [0.29, 0.717) is 43.8 Å². The summed E-state index contributed by atoms with van der Waals surface area (Å²) in [5.74, 6) is -0.335. The van der Waals surface area contributed by atoms with Gasteiger partial charge in [-0.2, -0.15) is 9.61 Å². The molecule has 0 radical (unpaired) electrons. The van der Waals surface area contributed by atoms with Gasteiger partial charge in [0.15, 0.2) is 11.2 Å². The van der Waals surface area contributed by atoms with Crippen molar-refractivity contribution in [2.45, 2.75) is 42.1 Å². The first-order valence-corrected chi connectivity index (χ1v) is 13.8. The highest BCUT2D eigenvalue weighted by Gasteiger charge is 2.44. The molecule has 1 aliphatic rings. The standard InChI is InChI=1S/C28H31N5O4S/c1-36-14-15-37-28(27(34)35)12-10-19(11-13-28)23-24(38-2)25(29)33-26(32-23)21(17-31-33)20-8-9-22(30-16-20)18-6-4-3-5-7-18/h3-9,16-17,19H,10-15,29H2,1-2H3,(H,34,35)/t19-,28+. The molecule has 0 atom stereocenters. The van der Waals surface area contributed by atoms with Crippen molar-refractivity contribution < 1.29 is 19.4 Å². The molecular weight excluding hydrogens is 502 g/mol. The van der Waals surface area contributed by atoms with E-state index in [0.717, 1.165) is 33.0 Å². The Morgan fingerprint density at radius 1 is 1.13 bits per heavy atom. The summed E-state index contributed by atoms with van der Waals surface area (Å²) < 4.78 is 12.5. The first-order valence-electron chi connectivity index (χ1n) is 12.6. The number of benzene rings is 1. The molecule has 1 aromatic carbocycles. The number of nitrogens with zero attached hydrogens (tertiary/aromatic N) is 4. The average Bonchev–Trinajstić information content (AvgIpc) is 3.38. The Labute approximate surface area is 225 Å². The van der Waals surface area contributed by atoms with Crippen molar-refractivity contribution in [3.63, 3.8) is 0 Å². The number of fused-ring (bicyclic) bond motifs is 1. The van der Waals surface area contributed by atoms with E-state index in [4.69, 9.17) is 20.2 Å². The molecule has 5 rings (SSSR count). The van der Waals surface area contributed by atoms with Gasteiger partial charge in [0.1, 0.15) is 5.82 Å². The number of carboxylic acid groups (broad SMARTS) is 1. The number of hydrogen-bond acceptors (Lipinski definition) is 8. The van der Waals surface area contributed by atoms with Crippen molar-refractivity contribution in [3.8, 4) is 22.4 Å². The molecule has 0 saturated heterocycles. The third-order valence-corrected chi connectivity index (χ3v) is 8.07. The number of ether oxygens (including phenoxy) is 2. The minimum Gasteiger partial charge on any atom is -0.479 e. The summed E-state index contributed by atoms with van der Waals surface area (Å²) in [6, 6.07) is 14.0. The number of methoxy groups -OCH3 is 1. The van der Waals surface area contributed by atoms with Crippen molar-refractivity contribution in [2.75, 3.05) is 32.3 Å². The predicted molar refractivity (Wildman–Crippen MR) is 147 cm³/mol. The monoisotopic (exact) mass is 533 g/mol. The molecule has 1 saturated carbocycles. The van der Waals surface area contributed by atoms with Crippen LogP contribution in [0.25, 0.3) is 28.0 Å². The minimum atomic E-state index is -1.20. The van der Waals surface area contributed by atoms with Gasteiger partial charge in [0, 0.05) is 35.9 Å². The number of pyridine rings is 1. The zero-order valence-electron chi connectivity index (χ0n) is 21.5. The van der Waals surface area contributed by atoms with Gasteiger partial charge in [-0.1, -0.05) is 36.4 Å². The van der Waals surface area contributed by atoms with E-state index in [1.54, 1.807) is 17.8 Å². The van der Waals surface area contributed by atoms with Crippen LogP contribution in [0.4, 0.5) is 5.82 Å². The van der Waals surface area contributed by atoms with E-state index in [9.17, 15) is 9.90 Å². The number of carboxylic acids is 1. The van der Waals surface area contributed by atoms with Crippen molar-refractivity contribution in [1.82, 2.24) is 19.6 Å². The SMILES string of the molecule is COCCO[C@]1(C(=O)O)CC[C@H](c2nc3c(-c4ccc(-c5ccccc5)nc4)cnn3c(N)c2SC)CC1. The highest BCUT2D eigenvalue weighted by molar-refractivity contribution is 7.98. The molecule has 3 heterocycles. The third-order valence-electron chi connectivity index (χ3n) is 7.25. The maximum Gasteiger partial charge on any atom is 0.335 e. The lowest BCUT2D eigenvalue weighted by Crippen LogP contribution is -2.45. The van der Waals surface area contributed by atoms with Crippen LogP contribution in [0.1, 0.15) is 37.3 Å². The van der Waals surface area contributed by atoms with E-state index in [1.165, 1.54) is 11.8 Å². The third kappa shape index (κ3) is 4.87. The lowest BCUT2D eigenvalue weighted by molar-refractivity contribution is -0.173. The van der Waals surface area contributed by atoms with Crippen molar-refractivity contribution in [2.24, 2.45) is 0 Å². The number of aromatic nitrogens is 4. The van der Waals surface area contributed by atoms with Crippen molar-refractivity contribution in [1.29, 1.82) is 0 Å². The lowest BCUT2D eigenvalue weighted by Gasteiger charge is -2.37. The van der Waals surface area contributed by atoms with E-state index in [2.05, 4.69) is 10.1 Å². The van der Waals surface area contributed by atoms with Gasteiger partial charge in [-0.15, -0.1) is 11.8 Å². The molecule has 1 fully saturated rings. The van der Waals surface area contributed by atoms with Gasteiger partial charge in [0.25, 0.3) is 0 Å². The number of thioether (sulfide) groups is 1. The summed E-state index contributed by atoms with van der Waals surface area (Å²) in [4.78, 5) is 22.7. The molecule has 0 amide bonds. The van der Waals surface area contributed by atoms with Crippen molar-refractivity contribution >= 4 is 29.2 Å². The first kappa shape index (κ1) is 26.1. The van der Waals surface area contributed by atoms with Crippen LogP contribution in [-0.4, -0.2) is 62.8 Å². The number of anilines is 1. The highest BCUT2D eigenvalue weighted by Crippen LogP contribution is 2.44. The molecule has 38 heavy (non-hydrogen) atoms. The van der Waals surface area contributed by atoms with Crippen LogP contribution in [0.3, 0.4) is 0 Å². The Kier molecular flexibility index (Phi) is 7.64. The minimum absolute atomic E-state index is 0.0598. The lowest BCUT2D eigenvalue weighted by atomic mass is 9.77. The Hall–Kier alpha value is -3.47. The number of nitrogen functional groups attached to an aromatic ring is 1. The zero-order chi connectivity index (χ0) is 26.7. The summed E-state index contributed by atoms with van der Waals surface area (Å²) in [6.07, 6.45) is 7.63. The largest absolute Gasteiger partial charge is 0.479 e. The maximum absolute atomic E-state index is 12.1. The van der Waals surface area contributed by atoms with E-state index >= 15 is 0 Å². The predicted octanol–water partition coefficient (Wildman–Crippen LogP) is 4.91. The molecule has 0 spiro atoms. The fraction of sp³-hybridized carbons (Fsp3) is 0.357. The van der Waals surface area contributed by atoms with Gasteiger partial charge in [-0.25, -0.2) is 9.78 Å². The van der Waals surface area contributed by atoms with Gasteiger partial charge >= 0.3 is 5.97 Å². The average molecular weight is 534 g/mol. The molecule has 4 aromatic rings. The maximum atomic E-state index is 12.1. The summed E-state index contributed by atoms with van der Waals surface area (Å²) in [7, 11) is 1.57. The van der Waals surface area contributed by atoms with Gasteiger partial charge in [-0.05, 0) is 38.0 Å². The number of carbonyl (C=O) groups is 1. The van der Waals surface area contributed by atoms with Crippen molar-refractivity contribution in [3.05, 3.63) is 60.6 Å². The van der Waals surface area contributed by atoms with Gasteiger partial charge < -0.3 is 20.3 Å². The second-order valence-electron chi connectivity index (χ2n) is 9.42. The van der Waals surface area contributed by atoms with Gasteiger partial charge in [0.05, 0.1) is 35.7 Å². The number of nitrogens with two attached hydrogens (primary N) is 1. The summed E-state index contributed by atoms with van der Waals surface area (Å²) in [5, 5.41) is 14.5. The van der Waals surface area contributed by atoms with Crippen LogP contribution in [0, 0.1) is 0 Å². The molecule has 9 nitrogen and oxygen atoms in total. The van der Waals surface area contributed by atoms with Crippen LogP contribution in [0.5, 0.6) is 0 Å². The van der Waals surface area contributed by atoms with E-state index < -0.39 is 11.6 Å². The normalized spacial score (nSPS) is 19.6. The summed E-state index contributed by atoms with van der Waals surface area (Å²) >= 11 is 1.53. The summed E-state index contributed by atoms with van der Waals surface area (Å²) in [6.45, 7) is 0.603. The quantitative estimate of drug-likeness (QED) is 0.228. The second-order valence-corrected chi connectivity index (χ2v) is 10.2. The summed E-state index contributed by atoms with van der Waals surface area (Å²) in [5.41, 5.74) is 10.6. The smallest absolute Gasteiger partial charge is 0.335 e. The molecule has 0 unspecified atom stereocenters. The van der Waals surface area contributed by atoms with Gasteiger partial charge in [0.2, 0.25) is 0 Å². The second kappa shape index (κ2) is 11.1. The molecule has 0 aliphatic heterocycles. The van der Waals surface area contributed by atoms with Gasteiger partial charge in [-0.3, -0.25) is 4.98 Å². The van der Waals surface area contributed by atoms with Crippen LogP contribution in [0.15, 0.2) is 59.8 Å². The molecule has 3 aromatic heterocycles. The zero-order valence-corrected chi connectivity index (χ0v) is 22.3. The molecule has 10 heteroatoms. The molecule has 0 bridgehead atoms. The number of hydrogen-bond donors (Lipinski definition) is 2. The van der Waals surface area contributed by atoms with Crippen LogP contribution in [0.2, 0.25) is 0 Å².